The highest BCUT2D eigenvalue weighted by Gasteiger charge is 2.48. The van der Waals surface area contributed by atoms with Gasteiger partial charge in [0.15, 0.2) is 22.8 Å². The lowest BCUT2D eigenvalue weighted by Crippen LogP contribution is -2.62. The fourth-order valence-corrected chi connectivity index (χ4v) is 4.72. The van der Waals surface area contributed by atoms with E-state index in [1.165, 1.54) is 0 Å². The van der Waals surface area contributed by atoms with Gasteiger partial charge in [0.05, 0.1) is 25.3 Å². The third-order valence-electron chi connectivity index (χ3n) is 6.27. The van der Waals surface area contributed by atoms with Gasteiger partial charge < -0.3 is 24.7 Å². The Morgan fingerprint density at radius 2 is 1.83 bits per heavy atom. The number of fused-ring (bicyclic) bond motifs is 3. The fraction of sp³-hybridized carbons (Fsp3) is 0.550. The maximum Gasteiger partial charge on any atom is 0.219 e. The highest BCUT2D eigenvalue weighted by atomic mass is 16.5. The first-order valence-electron chi connectivity index (χ1n) is 10.3. The van der Waals surface area contributed by atoms with Crippen LogP contribution in [0.1, 0.15) is 32.5 Å². The Balaban J connectivity index is 1.52. The summed E-state index contributed by atoms with van der Waals surface area (Å²) >= 11 is 0. The molecule has 3 aliphatic rings. The van der Waals surface area contributed by atoms with Gasteiger partial charge in [0.1, 0.15) is 17.0 Å². The molecular weight excluding hydrogens is 384 g/mol. The molecule has 1 spiro atoms. The van der Waals surface area contributed by atoms with Gasteiger partial charge in [-0.3, -0.25) is 0 Å². The smallest absolute Gasteiger partial charge is 0.219 e. The lowest BCUT2D eigenvalue weighted by atomic mass is 9.91. The summed E-state index contributed by atoms with van der Waals surface area (Å²) in [6.45, 7) is 7.87. The molecule has 2 N–H and O–H groups in total. The summed E-state index contributed by atoms with van der Waals surface area (Å²) in [5.41, 5.74) is 7.48. The lowest BCUT2D eigenvalue weighted by molar-refractivity contribution is -0.0530. The van der Waals surface area contributed by atoms with Crippen molar-refractivity contribution in [1.82, 2.24) is 29.5 Å². The van der Waals surface area contributed by atoms with E-state index >= 15 is 0 Å². The van der Waals surface area contributed by atoms with E-state index in [-0.39, 0.29) is 11.5 Å². The molecule has 0 radical (unpaired) electrons. The predicted molar refractivity (Wildman–Crippen MR) is 110 cm³/mol. The summed E-state index contributed by atoms with van der Waals surface area (Å²) in [6, 6.07) is 0. The van der Waals surface area contributed by atoms with Crippen molar-refractivity contribution in [1.29, 1.82) is 0 Å². The van der Waals surface area contributed by atoms with Gasteiger partial charge in [0.25, 0.3) is 0 Å². The number of nitrogens with two attached hydrogens (primary N) is 1. The minimum Gasteiger partial charge on any atom is -0.371 e. The quantitative estimate of drug-likeness (QED) is 0.673. The van der Waals surface area contributed by atoms with Gasteiger partial charge in [-0.05, 0) is 26.7 Å². The first-order valence-corrected chi connectivity index (χ1v) is 10.3. The largest absolute Gasteiger partial charge is 0.371 e. The summed E-state index contributed by atoms with van der Waals surface area (Å²) in [6.07, 6.45) is 5.53. The average molecular weight is 408 g/mol. The van der Waals surface area contributed by atoms with Crippen molar-refractivity contribution < 1.29 is 9.47 Å². The molecule has 2 saturated heterocycles. The molecule has 0 atom stereocenters. The van der Waals surface area contributed by atoms with Crippen LogP contribution in [-0.2, 0) is 21.6 Å². The first-order chi connectivity index (χ1) is 14.4. The van der Waals surface area contributed by atoms with Crippen molar-refractivity contribution in [3.8, 4) is 11.4 Å². The molecule has 6 rings (SSSR count). The van der Waals surface area contributed by atoms with Crippen LogP contribution in [0.2, 0.25) is 0 Å². The van der Waals surface area contributed by atoms with Crippen LogP contribution >= 0.6 is 0 Å². The summed E-state index contributed by atoms with van der Waals surface area (Å²) in [7, 11) is 0. The van der Waals surface area contributed by atoms with Gasteiger partial charge >= 0.3 is 0 Å². The minimum absolute atomic E-state index is 0.0382. The molecule has 0 saturated carbocycles. The summed E-state index contributed by atoms with van der Waals surface area (Å²) in [5, 5.41) is 0. The number of hydrogen-bond acceptors (Lipinski definition) is 9. The Kier molecular flexibility index (Phi) is 3.64. The first kappa shape index (κ1) is 18.0. The zero-order valence-corrected chi connectivity index (χ0v) is 17.1. The topological polar surface area (TPSA) is 117 Å². The van der Waals surface area contributed by atoms with Crippen LogP contribution < -0.4 is 10.6 Å². The second-order valence-corrected chi connectivity index (χ2v) is 8.81. The number of nitrogens with zero attached hydrogens (tertiary/aromatic N) is 7. The SMILES string of the molecule is CC1(C)OCCn2c1nc1c(N3CC4(CCCO4)C3)nc(-c3cnc(N)nc3)nc12. The molecule has 10 heteroatoms. The van der Waals surface area contributed by atoms with Crippen LogP contribution in [0.25, 0.3) is 22.6 Å². The molecule has 0 unspecified atom stereocenters. The van der Waals surface area contributed by atoms with E-state index in [2.05, 4.69) is 19.4 Å². The van der Waals surface area contributed by atoms with Crippen LogP contribution in [0.4, 0.5) is 11.8 Å². The predicted octanol–water partition coefficient (Wildman–Crippen LogP) is 1.50. The number of hydrogen-bond donors (Lipinski definition) is 1. The van der Waals surface area contributed by atoms with E-state index in [0.717, 1.165) is 60.9 Å². The lowest BCUT2D eigenvalue weighted by Gasteiger charge is -2.47. The van der Waals surface area contributed by atoms with Gasteiger partial charge in [-0.2, -0.15) is 0 Å². The molecule has 156 valence electrons. The number of rotatable bonds is 2. The van der Waals surface area contributed by atoms with E-state index in [4.69, 9.17) is 30.2 Å². The Morgan fingerprint density at radius 3 is 2.57 bits per heavy atom. The van der Waals surface area contributed by atoms with Crippen molar-refractivity contribution in [3.63, 3.8) is 0 Å². The van der Waals surface area contributed by atoms with E-state index in [0.29, 0.717) is 19.0 Å². The maximum atomic E-state index is 6.02. The summed E-state index contributed by atoms with van der Waals surface area (Å²) in [5.74, 6) is 2.49. The number of nitrogen functional groups attached to an aromatic ring is 1. The van der Waals surface area contributed by atoms with E-state index in [1.54, 1.807) is 12.4 Å². The second-order valence-electron chi connectivity index (χ2n) is 8.81. The molecule has 0 bridgehead atoms. The van der Waals surface area contributed by atoms with Gasteiger partial charge in [-0.15, -0.1) is 0 Å². The van der Waals surface area contributed by atoms with Crippen molar-refractivity contribution in [2.45, 2.75) is 44.4 Å². The summed E-state index contributed by atoms with van der Waals surface area (Å²) < 4.78 is 14.1. The number of anilines is 2. The van der Waals surface area contributed by atoms with Crippen LogP contribution in [0.15, 0.2) is 12.4 Å². The molecule has 3 aliphatic heterocycles. The summed E-state index contributed by atoms with van der Waals surface area (Å²) in [4.78, 5) is 25.2. The van der Waals surface area contributed by atoms with Crippen molar-refractivity contribution in [3.05, 3.63) is 18.2 Å². The number of imidazole rings is 1. The molecule has 2 fully saturated rings. The van der Waals surface area contributed by atoms with Gasteiger partial charge in [-0.1, -0.05) is 0 Å². The third kappa shape index (κ3) is 2.60. The van der Waals surface area contributed by atoms with Crippen LogP contribution in [0.3, 0.4) is 0 Å². The number of aromatic nitrogens is 6. The van der Waals surface area contributed by atoms with Crippen molar-refractivity contribution in [2.24, 2.45) is 0 Å². The Morgan fingerprint density at radius 1 is 1.03 bits per heavy atom. The van der Waals surface area contributed by atoms with E-state index < -0.39 is 5.60 Å². The second kappa shape index (κ2) is 6.08. The average Bonchev–Trinajstić information content (AvgIpc) is 3.33. The Labute approximate surface area is 173 Å². The van der Waals surface area contributed by atoms with Crippen molar-refractivity contribution in [2.75, 3.05) is 36.9 Å². The van der Waals surface area contributed by atoms with Gasteiger partial charge in [0.2, 0.25) is 5.95 Å². The van der Waals surface area contributed by atoms with Gasteiger partial charge in [0, 0.05) is 25.5 Å². The van der Waals surface area contributed by atoms with Crippen LogP contribution in [0, 0.1) is 0 Å². The third-order valence-corrected chi connectivity index (χ3v) is 6.27. The monoisotopic (exact) mass is 408 g/mol. The molecule has 0 aliphatic carbocycles. The molecule has 30 heavy (non-hydrogen) atoms. The Hall–Kier alpha value is -2.85. The van der Waals surface area contributed by atoms with Crippen LogP contribution in [0.5, 0.6) is 0 Å². The molecule has 0 amide bonds. The molecule has 0 aromatic carbocycles. The molecule has 10 nitrogen and oxygen atoms in total. The molecular formula is C20H24N8O2. The highest BCUT2D eigenvalue weighted by Crippen LogP contribution is 2.41. The molecule has 3 aromatic heterocycles. The van der Waals surface area contributed by atoms with E-state index in [1.807, 2.05) is 13.8 Å². The zero-order valence-electron chi connectivity index (χ0n) is 17.1. The fourth-order valence-electron chi connectivity index (χ4n) is 4.72. The highest BCUT2D eigenvalue weighted by molar-refractivity contribution is 5.87. The normalized spacial score (nSPS) is 21.7. The number of ether oxygens (including phenoxy) is 2. The van der Waals surface area contributed by atoms with E-state index in [9.17, 15) is 0 Å². The molecule has 6 heterocycles. The maximum absolute atomic E-state index is 6.02. The molecule has 3 aromatic rings. The van der Waals surface area contributed by atoms with Crippen molar-refractivity contribution >= 4 is 22.9 Å². The van der Waals surface area contributed by atoms with Crippen LogP contribution in [-0.4, -0.2) is 61.4 Å². The zero-order chi connectivity index (χ0) is 20.5. The minimum atomic E-state index is -0.481. The Bertz CT molecular complexity index is 1130. The standard InChI is InChI=1S/C20H24N8O2/c1-19(2)17-24-13-15(27-10-20(11-27)4-3-6-30-20)25-14(12-8-22-18(21)23-9-12)26-16(13)28(17)5-7-29-19/h8-9H,3-7,10-11H2,1-2H3,(H2,21,22,23). The van der Waals surface area contributed by atoms with Gasteiger partial charge in [-0.25, -0.2) is 24.9 Å².